The van der Waals surface area contributed by atoms with E-state index in [4.69, 9.17) is 0 Å². The van der Waals surface area contributed by atoms with Crippen LogP contribution in [0.25, 0.3) is 22.5 Å². The fourth-order valence-corrected chi connectivity index (χ4v) is 4.70. The predicted molar refractivity (Wildman–Crippen MR) is 149 cm³/mol. The maximum atomic E-state index is 13.4. The minimum absolute atomic E-state index is 0.0823. The highest BCUT2D eigenvalue weighted by atomic mass is 16.2. The Kier molecular flexibility index (Phi) is 7.58. The van der Waals surface area contributed by atoms with Crippen molar-refractivity contribution < 1.29 is 4.79 Å². The number of unbranched alkanes of at least 4 members (excludes halogenated alkanes) is 1. The summed E-state index contributed by atoms with van der Waals surface area (Å²) >= 11 is 0. The second-order valence-electron chi connectivity index (χ2n) is 9.77. The lowest BCUT2D eigenvalue weighted by atomic mass is 9.98. The Morgan fingerprint density at radius 2 is 1.74 bits per heavy atom. The Hall–Kier alpha value is -4.66. The molecule has 0 bridgehead atoms. The fourth-order valence-electron chi connectivity index (χ4n) is 4.70. The van der Waals surface area contributed by atoms with Crippen LogP contribution in [0.3, 0.4) is 0 Å². The molecule has 0 saturated heterocycles. The van der Waals surface area contributed by atoms with E-state index in [0.717, 1.165) is 46.2 Å². The first-order valence-corrected chi connectivity index (χ1v) is 13.1. The molecule has 0 amide bonds. The lowest BCUT2D eigenvalue weighted by molar-refractivity contribution is 0.0965. The van der Waals surface area contributed by atoms with Crippen LogP contribution >= 0.6 is 0 Å². The van der Waals surface area contributed by atoms with Crippen molar-refractivity contribution in [3.63, 3.8) is 0 Å². The number of aromatic nitrogens is 7. The molecule has 5 aromatic rings. The first-order chi connectivity index (χ1) is 18.9. The lowest BCUT2D eigenvalue weighted by Gasteiger charge is -2.09. The van der Waals surface area contributed by atoms with Crippen molar-refractivity contribution in [1.82, 2.24) is 35.0 Å². The molecule has 9 nitrogen and oxygen atoms in total. The Bertz CT molecular complexity index is 1650. The molecule has 39 heavy (non-hydrogen) atoms. The van der Waals surface area contributed by atoms with Gasteiger partial charge in [-0.2, -0.15) is 10.3 Å². The van der Waals surface area contributed by atoms with E-state index in [1.165, 1.54) is 4.68 Å². The van der Waals surface area contributed by atoms with E-state index in [9.17, 15) is 9.59 Å². The number of carbonyl (C=O) groups excluding carboxylic acids is 1. The van der Waals surface area contributed by atoms with Gasteiger partial charge >= 0.3 is 5.69 Å². The number of nitrogens with one attached hydrogen (secondary N) is 1. The summed E-state index contributed by atoms with van der Waals surface area (Å²) in [5.74, 6) is 1.11. The highest BCUT2D eigenvalue weighted by molar-refractivity contribution is 5.97. The molecule has 0 aliphatic heterocycles. The summed E-state index contributed by atoms with van der Waals surface area (Å²) in [5, 5.41) is 19.0. The Morgan fingerprint density at radius 1 is 0.974 bits per heavy atom. The van der Waals surface area contributed by atoms with Gasteiger partial charge in [-0.25, -0.2) is 9.48 Å². The third-order valence-corrected chi connectivity index (χ3v) is 6.86. The van der Waals surface area contributed by atoms with Crippen molar-refractivity contribution >= 4 is 5.78 Å². The topological polar surface area (TPSA) is 111 Å². The molecule has 198 valence electrons. The molecule has 5 rings (SSSR count). The molecule has 9 heteroatoms. The van der Waals surface area contributed by atoms with Gasteiger partial charge in [0, 0.05) is 17.5 Å². The molecule has 0 radical (unpaired) electrons. The maximum absolute atomic E-state index is 13.4. The van der Waals surface area contributed by atoms with Gasteiger partial charge in [-0.05, 0) is 53.8 Å². The van der Waals surface area contributed by atoms with Gasteiger partial charge in [0.1, 0.15) is 12.4 Å². The van der Waals surface area contributed by atoms with Crippen LogP contribution in [0.5, 0.6) is 0 Å². The van der Waals surface area contributed by atoms with Crippen molar-refractivity contribution in [3.05, 3.63) is 105 Å². The number of aromatic amines is 1. The molecule has 0 fully saturated rings. The number of aryl methyl sites for hydroxylation is 3. The van der Waals surface area contributed by atoms with Crippen molar-refractivity contribution in [1.29, 1.82) is 0 Å². The minimum atomic E-state index is -0.272. The molecule has 1 N–H and O–H groups in total. The van der Waals surface area contributed by atoms with Crippen LogP contribution in [0.2, 0.25) is 0 Å². The van der Waals surface area contributed by atoms with Crippen LogP contribution in [0, 0.1) is 13.8 Å². The molecule has 2 aromatic heterocycles. The predicted octanol–water partition coefficient (Wildman–Crippen LogP) is 4.78. The summed E-state index contributed by atoms with van der Waals surface area (Å²) in [6, 6.07) is 21.7. The third-order valence-electron chi connectivity index (χ3n) is 6.86. The first kappa shape index (κ1) is 26.0. The average Bonchev–Trinajstić information content (AvgIpc) is 3.58. The second kappa shape index (κ2) is 11.4. The molecule has 3 aromatic carbocycles. The summed E-state index contributed by atoms with van der Waals surface area (Å²) in [4.78, 5) is 26.5. The van der Waals surface area contributed by atoms with Crippen LogP contribution in [0.4, 0.5) is 0 Å². The van der Waals surface area contributed by atoms with Crippen molar-refractivity contribution in [3.8, 4) is 22.5 Å². The Labute approximate surface area is 226 Å². The highest BCUT2D eigenvalue weighted by Crippen LogP contribution is 2.29. The van der Waals surface area contributed by atoms with Gasteiger partial charge in [-0.3, -0.25) is 9.36 Å². The largest absolute Gasteiger partial charge is 0.346 e. The van der Waals surface area contributed by atoms with E-state index >= 15 is 0 Å². The normalized spacial score (nSPS) is 11.2. The van der Waals surface area contributed by atoms with E-state index < -0.39 is 0 Å². The average molecular weight is 522 g/mol. The highest BCUT2D eigenvalue weighted by Gasteiger charge is 2.18. The van der Waals surface area contributed by atoms with Gasteiger partial charge in [0.15, 0.2) is 5.78 Å². The molecule has 0 unspecified atom stereocenters. The molecule has 0 spiro atoms. The number of tetrazole rings is 1. The van der Waals surface area contributed by atoms with Crippen molar-refractivity contribution in [2.24, 2.45) is 0 Å². The van der Waals surface area contributed by atoms with E-state index in [1.54, 1.807) is 4.57 Å². The van der Waals surface area contributed by atoms with Gasteiger partial charge in [-0.15, -0.1) is 10.2 Å². The number of hydrogen-bond acceptors (Lipinski definition) is 6. The number of H-pyrrole nitrogens is 1. The summed E-state index contributed by atoms with van der Waals surface area (Å²) < 4.78 is 3.00. The smallest absolute Gasteiger partial charge is 0.292 e. The van der Waals surface area contributed by atoms with Crippen molar-refractivity contribution in [2.75, 3.05) is 0 Å². The summed E-state index contributed by atoms with van der Waals surface area (Å²) in [6.07, 6.45) is 2.57. The SMILES string of the molecule is CCCCc1nn(CC(=O)c2cc(C)ccc2C)c(=O)n1Cc1ccc(-c2ccccc2-c2nn[nH]n2)cc1. The number of carbonyl (C=O) groups is 1. The second-order valence-corrected chi connectivity index (χ2v) is 9.77. The first-order valence-electron chi connectivity index (χ1n) is 13.1. The van der Waals surface area contributed by atoms with Gasteiger partial charge in [0.2, 0.25) is 5.82 Å². The van der Waals surface area contributed by atoms with E-state index in [1.807, 2.05) is 80.6 Å². The third kappa shape index (κ3) is 5.62. The van der Waals surface area contributed by atoms with Crippen molar-refractivity contribution in [2.45, 2.75) is 53.1 Å². The van der Waals surface area contributed by atoms with Crippen LogP contribution < -0.4 is 5.69 Å². The van der Waals surface area contributed by atoms with Crippen LogP contribution in [0.15, 0.2) is 71.5 Å². The number of benzene rings is 3. The van der Waals surface area contributed by atoms with E-state index in [2.05, 4.69) is 32.6 Å². The quantitative estimate of drug-likeness (QED) is 0.265. The maximum Gasteiger partial charge on any atom is 0.346 e. The van der Waals surface area contributed by atoms with Gasteiger partial charge in [0.25, 0.3) is 0 Å². The molecule has 2 heterocycles. The molecule has 0 atom stereocenters. The zero-order valence-electron chi connectivity index (χ0n) is 22.4. The van der Waals surface area contributed by atoms with E-state index in [0.29, 0.717) is 30.2 Å². The monoisotopic (exact) mass is 521 g/mol. The molecule has 0 saturated carbocycles. The zero-order valence-corrected chi connectivity index (χ0v) is 22.4. The molecular formula is C30H31N7O2. The zero-order chi connectivity index (χ0) is 27.4. The van der Waals surface area contributed by atoms with E-state index in [-0.39, 0.29) is 18.0 Å². The van der Waals surface area contributed by atoms with Gasteiger partial charge < -0.3 is 0 Å². The standard InChI is InChI=1S/C30H31N7O2/c1-4-5-10-28-33-37(19-27(38)26-17-20(2)11-12-21(26)3)30(39)36(28)18-22-13-15-23(16-14-22)24-8-6-7-9-25(24)29-31-34-35-32-29/h6-9,11-17H,4-5,10,18-19H2,1-3H3,(H,31,32,34,35). The fraction of sp³-hybridized carbons (Fsp3) is 0.267. The Balaban J connectivity index is 1.41. The lowest BCUT2D eigenvalue weighted by Crippen LogP contribution is -2.28. The summed E-state index contributed by atoms with van der Waals surface area (Å²) in [5.41, 5.74) is 6.10. The van der Waals surface area contributed by atoms with Crippen LogP contribution in [-0.2, 0) is 19.5 Å². The van der Waals surface area contributed by atoms with Gasteiger partial charge in [0.05, 0.1) is 6.54 Å². The van der Waals surface area contributed by atoms with Gasteiger partial charge in [-0.1, -0.05) is 79.6 Å². The molecule has 0 aliphatic rings. The summed E-state index contributed by atoms with van der Waals surface area (Å²) in [7, 11) is 0. The Morgan fingerprint density at radius 3 is 2.46 bits per heavy atom. The number of ketones is 1. The summed E-state index contributed by atoms with van der Waals surface area (Å²) in [6.45, 7) is 6.26. The molecule has 0 aliphatic carbocycles. The number of nitrogens with zero attached hydrogens (tertiary/aromatic N) is 6. The van der Waals surface area contributed by atoms with Crippen LogP contribution in [-0.4, -0.2) is 40.8 Å². The number of hydrogen-bond donors (Lipinski definition) is 1. The number of Topliss-reactive ketones (excluding diaryl/α,β-unsaturated/α-hetero) is 1. The molecular weight excluding hydrogens is 490 g/mol. The number of rotatable bonds is 10. The minimum Gasteiger partial charge on any atom is -0.292 e. The van der Waals surface area contributed by atoms with Crippen LogP contribution in [0.1, 0.15) is 52.6 Å².